The molecule has 134 valence electrons. The molecule has 0 aromatic heterocycles. The number of hydrogen-bond acceptors (Lipinski definition) is 3. The first-order chi connectivity index (χ1) is 12.0. The van der Waals surface area contributed by atoms with Gasteiger partial charge in [-0.2, -0.15) is 0 Å². The molecule has 0 saturated carbocycles. The van der Waals surface area contributed by atoms with Crippen molar-refractivity contribution in [1.82, 2.24) is 0 Å². The highest BCUT2D eigenvalue weighted by Crippen LogP contribution is 2.36. The van der Waals surface area contributed by atoms with Crippen LogP contribution < -0.4 is 4.74 Å². The molecule has 0 aliphatic carbocycles. The fourth-order valence-electron chi connectivity index (χ4n) is 2.81. The molecule has 0 spiro atoms. The first-order valence-corrected chi connectivity index (χ1v) is 9.09. The van der Waals surface area contributed by atoms with Gasteiger partial charge in [0.15, 0.2) is 0 Å². The molecule has 1 unspecified atom stereocenters. The minimum absolute atomic E-state index is 0.363. The molecular formula is C21H25ClO3. The predicted molar refractivity (Wildman–Crippen MR) is 101 cm³/mol. The van der Waals surface area contributed by atoms with E-state index in [-0.39, 0.29) is 5.97 Å². The molecule has 25 heavy (non-hydrogen) atoms. The number of halogens is 1. The van der Waals surface area contributed by atoms with Crippen molar-refractivity contribution in [2.45, 2.75) is 45.6 Å². The van der Waals surface area contributed by atoms with E-state index in [1.54, 1.807) is 6.07 Å². The van der Waals surface area contributed by atoms with Gasteiger partial charge in [0.05, 0.1) is 6.61 Å². The Kier molecular flexibility index (Phi) is 6.89. The Hall–Kier alpha value is -2.00. The number of para-hydroxylation sites is 1. The maximum Gasteiger partial charge on any atom is 0.355 e. The third-order valence-electron chi connectivity index (χ3n) is 4.22. The molecule has 0 radical (unpaired) electrons. The number of carbonyl (C=O) groups is 1. The zero-order valence-electron chi connectivity index (χ0n) is 15.0. The lowest BCUT2D eigenvalue weighted by atomic mass is 9.87. The van der Waals surface area contributed by atoms with Crippen LogP contribution in [0.2, 0.25) is 5.02 Å². The highest BCUT2D eigenvalue weighted by atomic mass is 35.5. The molecule has 0 heterocycles. The summed E-state index contributed by atoms with van der Waals surface area (Å²) in [6, 6.07) is 14.8. The van der Waals surface area contributed by atoms with Crippen LogP contribution in [0.15, 0.2) is 48.5 Å². The van der Waals surface area contributed by atoms with Gasteiger partial charge in [-0.1, -0.05) is 56.1 Å². The average Bonchev–Trinajstić information content (AvgIpc) is 2.61. The largest absolute Gasteiger partial charge is 0.471 e. The fraction of sp³-hybridized carbons (Fsp3) is 0.381. The van der Waals surface area contributed by atoms with Crippen LogP contribution in [-0.4, -0.2) is 12.6 Å². The second-order valence-corrected chi connectivity index (χ2v) is 6.48. The van der Waals surface area contributed by atoms with E-state index in [1.165, 1.54) is 0 Å². The number of aryl methyl sites for hydroxylation is 1. The number of carbonyl (C=O) groups excluding carboxylic acids is 1. The monoisotopic (exact) mass is 360 g/mol. The van der Waals surface area contributed by atoms with Crippen molar-refractivity contribution in [2.24, 2.45) is 0 Å². The fourth-order valence-corrected chi connectivity index (χ4v) is 3.04. The van der Waals surface area contributed by atoms with Crippen LogP contribution in [0.4, 0.5) is 0 Å². The van der Waals surface area contributed by atoms with Crippen LogP contribution in [0.5, 0.6) is 5.75 Å². The SMILES string of the molecule is CCCCOC(=O)C(CC)(Oc1ccccc1)c1ccc(Cl)cc1C. The van der Waals surface area contributed by atoms with Gasteiger partial charge in [0.25, 0.3) is 0 Å². The van der Waals surface area contributed by atoms with Crippen LogP contribution >= 0.6 is 11.6 Å². The van der Waals surface area contributed by atoms with Crippen LogP contribution in [-0.2, 0) is 15.1 Å². The smallest absolute Gasteiger partial charge is 0.355 e. The minimum Gasteiger partial charge on any atom is -0.471 e. The Morgan fingerprint density at radius 3 is 2.44 bits per heavy atom. The molecule has 2 aromatic rings. The van der Waals surface area contributed by atoms with Crippen molar-refractivity contribution in [2.75, 3.05) is 6.61 Å². The summed E-state index contributed by atoms with van der Waals surface area (Å²) in [4.78, 5) is 13.0. The maximum absolute atomic E-state index is 13.0. The molecule has 0 saturated heterocycles. The van der Waals surface area contributed by atoms with Crippen LogP contribution in [0.25, 0.3) is 0 Å². The molecule has 2 aromatic carbocycles. The maximum atomic E-state index is 13.0. The third kappa shape index (κ3) is 4.55. The zero-order valence-corrected chi connectivity index (χ0v) is 15.8. The lowest BCUT2D eigenvalue weighted by Crippen LogP contribution is -2.43. The van der Waals surface area contributed by atoms with Gasteiger partial charge in [0.2, 0.25) is 5.60 Å². The predicted octanol–water partition coefficient (Wildman–Crippen LogP) is 5.68. The summed E-state index contributed by atoms with van der Waals surface area (Å²) in [7, 11) is 0. The number of rotatable bonds is 8. The van der Waals surface area contributed by atoms with Crippen molar-refractivity contribution in [3.8, 4) is 5.75 Å². The number of esters is 1. The highest BCUT2D eigenvalue weighted by molar-refractivity contribution is 6.30. The minimum atomic E-state index is -1.19. The summed E-state index contributed by atoms with van der Waals surface area (Å²) in [5.41, 5.74) is 0.492. The van der Waals surface area contributed by atoms with E-state index < -0.39 is 5.60 Å². The van der Waals surface area contributed by atoms with Crippen LogP contribution in [0.1, 0.15) is 44.2 Å². The van der Waals surface area contributed by atoms with Crippen molar-refractivity contribution >= 4 is 17.6 Å². The standard InChI is InChI=1S/C21H25ClO3/c1-4-6-14-24-20(23)21(5-2,25-18-10-8-7-9-11-18)19-13-12-17(22)15-16(19)3/h7-13,15H,4-6,14H2,1-3H3. The summed E-state index contributed by atoms with van der Waals surface area (Å²) >= 11 is 6.10. The summed E-state index contributed by atoms with van der Waals surface area (Å²) in [5.74, 6) is 0.267. The van der Waals surface area contributed by atoms with E-state index in [1.807, 2.05) is 56.3 Å². The Labute approximate surface area is 154 Å². The van der Waals surface area contributed by atoms with Gasteiger partial charge in [-0.15, -0.1) is 0 Å². The Morgan fingerprint density at radius 1 is 1.12 bits per heavy atom. The number of hydrogen-bond donors (Lipinski definition) is 0. The van der Waals surface area contributed by atoms with Crippen molar-refractivity contribution < 1.29 is 14.3 Å². The molecule has 0 aliphatic rings. The van der Waals surface area contributed by atoms with E-state index in [9.17, 15) is 4.79 Å². The zero-order chi connectivity index (χ0) is 18.3. The molecule has 0 fully saturated rings. The highest BCUT2D eigenvalue weighted by Gasteiger charge is 2.44. The molecule has 0 bridgehead atoms. The molecule has 1 atom stereocenters. The normalized spacial score (nSPS) is 13.1. The van der Waals surface area contributed by atoms with E-state index in [0.29, 0.717) is 23.8 Å². The third-order valence-corrected chi connectivity index (χ3v) is 4.45. The lowest BCUT2D eigenvalue weighted by Gasteiger charge is -2.33. The molecule has 3 nitrogen and oxygen atoms in total. The number of ether oxygens (including phenoxy) is 2. The van der Waals surface area contributed by atoms with E-state index in [4.69, 9.17) is 21.1 Å². The van der Waals surface area contributed by atoms with Crippen molar-refractivity contribution in [3.63, 3.8) is 0 Å². The van der Waals surface area contributed by atoms with E-state index in [2.05, 4.69) is 6.92 Å². The van der Waals surface area contributed by atoms with Gasteiger partial charge in [0, 0.05) is 10.6 Å². The second kappa shape index (κ2) is 8.91. The molecule has 4 heteroatoms. The first kappa shape index (κ1) is 19.3. The number of unbranched alkanes of at least 4 members (excludes halogenated alkanes) is 1. The van der Waals surface area contributed by atoms with Gasteiger partial charge >= 0.3 is 5.97 Å². The Morgan fingerprint density at radius 2 is 1.84 bits per heavy atom. The van der Waals surface area contributed by atoms with Gasteiger partial charge in [-0.25, -0.2) is 4.79 Å². The lowest BCUT2D eigenvalue weighted by molar-refractivity contribution is -0.164. The summed E-state index contributed by atoms with van der Waals surface area (Å²) in [6.07, 6.45) is 2.25. The Bertz CT molecular complexity index is 700. The Balaban J connectivity index is 2.46. The van der Waals surface area contributed by atoms with E-state index >= 15 is 0 Å². The summed E-state index contributed by atoms with van der Waals surface area (Å²) in [5, 5.41) is 0.630. The topological polar surface area (TPSA) is 35.5 Å². The quantitative estimate of drug-likeness (QED) is 0.449. The molecule has 0 aliphatic heterocycles. The average molecular weight is 361 g/mol. The van der Waals surface area contributed by atoms with E-state index in [0.717, 1.165) is 24.0 Å². The van der Waals surface area contributed by atoms with Crippen molar-refractivity contribution in [3.05, 3.63) is 64.7 Å². The first-order valence-electron chi connectivity index (χ1n) is 8.71. The van der Waals surface area contributed by atoms with Gasteiger partial charge in [-0.05, 0) is 49.6 Å². The molecule has 0 amide bonds. The summed E-state index contributed by atoms with van der Waals surface area (Å²) < 4.78 is 11.8. The second-order valence-electron chi connectivity index (χ2n) is 6.04. The van der Waals surface area contributed by atoms with Gasteiger partial charge in [-0.3, -0.25) is 0 Å². The molecule has 0 N–H and O–H groups in total. The molecular weight excluding hydrogens is 336 g/mol. The van der Waals surface area contributed by atoms with Gasteiger partial charge in [0.1, 0.15) is 5.75 Å². The van der Waals surface area contributed by atoms with Crippen LogP contribution in [0.3, 0.4) is 0 Å². The summed E-state index contributed by atoms with van der Waals surface area (Å²) in [6.45, 7) is 6.31. The van der Waals surface area contributed by atoms with Crippen molar-refractivity contribution in [1.29, 1.82) is 0 Å². The molecule has 2 rings (SSSR count). The van der Waals surface area contributed by atoms with Gasteiger partial charge < -0.3 is 9.47 Å². The van der Waals surface area contributed by atoms with Crippen LogP contribution in [0, 0.1) is 6.92 Å². The number of benzene rings is 2.